The molecule has 1 unspecified atom stereocenters. The second kappa shape index (κ2) is 4.55. The van der Waals surface area contributed by atoms with Crippen molar-refractivity contribution >= 4 is 11.8 Å². The molecule has 1 atom stereocenters. The van der Waals surface area contributed by atoms with Gasteiger partial charge in [0.15, 0.2) is 0 Å². The predicted octanol–water partition coefficient (Wildman–Crippen LogP) is 1.65. The number of anilines is 1. The molecule has 0 amide bonds. The molecule has 1 aromatic rings. The van der Waals surface area contributed by atoms with Gasteiger partial charge in [-0.05, 0) is 25.3 Å². The van der Waals surface area contributed by atoms with Crippen molar-refractivity contribution in [2.45, 2.75) is 31.6 Å². The summed E-state index contributed by atoms with van der Waals surface area (Å²) in [5.74, 6) is 1.37. The average molecular weight is 247 g/mol. The number of hydrogen-bond acceptors (Lipinski definition) is 4. The fourth-order valence-corrected chi connectivity index (χ4v) is 2.57. The Labute approximate surface area is 106 Å². The van der Waals surface area contributed by atoms with E-state index < -0.39 is 5.97 Å². The zero-order chi connectivity index (χ0) is 12.5. The van der Waals surface area contributed by atoms with Gasteiger partial charge in [-0.1, -0.05) is 6.42 Å². The van der Waals surface area contributed by atoms with Crippen LogP contribution in [0.2, 0.25) is 0 Å². The van der Waals surface area contributed by atoms with Gasteiger partial charge in [0.05, 0.1) is 5.92 Å². The van der Waals surface area contributed by atoms with Crippen LogP contribution in [0.25, 0.3) is 0 Å². The molecule has 2 aliphatic rings. The lowest BCUT2D eigenvalue weighted by Crippen LogP contribution is -2.24. The number of carboxylic acids is 1. The van der Waals surface area contributed by atoms with Gasteiger partial charge in [-0.15, -0.1) is 0 Å². The van der Waals surface area contributed by atoms with Crippen molar-refractivity contribution in [1.82, 2.24) is 9.97 Å². The van der Waals surface area contributed by atoms with Crippen LogP contribution < -0.4 is 4.90 Å². The summed E-state index contributed by atoms with van der Waals surface area (Å²) in [7, 11) is 0. The quantitative estimate of drug-likeness (QED) is 0.879. The maximum absolute atomic E-state index is 10.9. The summed E-state index contributed by atoms with van der Waals surface area (Å²) in [6.07, 6.45) is 6.13. The Balaban J connectivity index is 1.74. The number of hydrogen-bond donors (Lipinski definition) is 1. The molecule has 1 aromatic heterocycles. The van der Waals surface area contributed by atoms with Crippen molar-refractivity contribution in [3.05, 3.63) is 18.1 Å². The molecule has 18 heavy (non-hydrogen) atoms. The molecule has 0 spiro atoms. The first-order chi connectivity index (χ1) is 8.74. The Kier molecular flexibility index (Phi) is 2.89. The molecule has 2 fully saturated rings. The third-order valence-electron chi connectivity index (χ3n) is 3.99. The molecule has 0 aromatic carbocycles. The first kappa shape index (κ1) is 11.4. The van der Waals surface area contributed by atoms with E-state index in [-0.39, 0.29) is 5.92 Å². The smallest absolute Gasteiger partial charge is 0.308 e. The average Bonchev–Trinajstić information content (AvgIpc) is 2.76. The van der Waals surface area contributed by atoms with Crippen molar-refractivity contribution in [1.29, 1.82) is 0 Å². The molecule has 1 aliphatic heterocycles. The van der Waals surface area contributed by atoms with Crippen molar-refractivity contribution in [3.8, 4) is 0 Å². The van der Waals surface area contributed by atoms with E-state index >= 15 is 0 Å². The van der Waals surface area contributed by atoms with Crippen molar-refractivity contribution < 1.29 is 9.90 Å². The molecule has 2 heterocycles. The molecule has 0 bridgehead atoms. The first-order valence-electron chi connectivity index (χ1n) is 6.55. The van der Waals surface area contributed by atoms with E-state index in [1.54, 1.807) is 6.20 Å². The minimum absolute atomic E-state index is 0.257. The monoisotopic (exact) mass is 247 g/mol. The highest BCUT2D eigenvalue weighted by molar-refractivity contribution is 5.71. The van der Waals surface area contributed by atoms with Gasteiger partial charge in [0, 0.05) is 25.2 Å². The van der Waals surface area contributed by atoms with Gasteiger partial charge < -0.3 is 10.0 Å². The highest BCUT2D eigenvalue weighted by Crippen LogP contribution is 2.35. The van der Waals surface area contributed by atoms with Gasteiger partial charge in [0.25, 0.3) is 0 Å². The van der Waals surface area contributed by atoms with Crippen LogP contribution in [0.15, 0.2) is 12.3 Å². The molecular weight excluding hydrogens is 230 g/mol. The van der Waals surface area contributed by atoms with E-state index in [1.165, 1.54) is 19.3 Å². The zero-order valence-corrected chi connectivity index (χ0v) is 10.2. The van der Waals surface area contributed by atoms with Gasteiger partial charge in [-0.2, -0.15) is 0 Å². The molecule has 1 saturated carbocycles. The lowest BCUT2D eigenvalue weighted by Gasteiger charge is -2.25. The van der Waals surface area contributed by atoms with Gasteiger partial charge >= 0.3 is 5.97 Å². The maximum Gasteiger partial charge on any atom is 0.308 e. The van der Waals surface area contributed by atoms with Crippen LogP contribution in [0, 0.1) is 5.92 Å². The Bertz CT molecular complexity index is 459. The second-order valence-corrected chi connectivity index (χ2v) is 5.17. The van der Waals surface area contributed by atoms with Crippen molar-refractivity contribution in [2.75, 3.05) is 18.0 Å². The summed E-state index contributed by atoms with van der Waals surface area (Å²) < 4.78 is 0. The Morgan fingerprint density at radius 2 is 2.22 bits per heavy atom. The summed E-state index contributed by atoms with van der Waals surface area (Å²) in [6.45, 7) is 1.34. The van der Waals surface area contributed by atoms with E-state index in [2.05, 4.69) is 14.9 Å². The number of rotatable bonds is 3. The topological polar surface area (TPSA) is 66.3 Å². The lowest BCUT2D eigenvalue weighted by atomic mass is 9.85. The van der Waals surface area contributed by atoms with Gasteiger partial charge in [-0.25, -0.2) is 9.97 Å². The van der Waals surface area contributed by atoms with Crippen molar-refractivity contribution in [3.63, 3.8) is 0 Å². The summed E-state index contributed by atoms with van der Waals surface area (Å²) in [6, 6.07) is 1.88. The van der Waals surface area contributed by atoms with Gasteiger partial charge in [0.1, 0.15) is 11.6 Å². The van der Waals surface area contributed by atoms with E-state index in [0.29, 0.717) is 18.9 Å². The first-order valence-corrected chi connectivity index (χ1v) is 6.55. The predicted molar refractivity (Wildman–Crippen MR) is 66.6 cm³/mol. The Morgan fingerprint density at radius 3 is 2.83 bits per heavy atom. The fraction of sp³-hybridized carbons (Fsp3) is 0.615. The zero-order valence-electron chi connectivity index (χ0n) is 10.2. The van der Waals surface area contributed by atoms with Crippen LogP contribution in [0.3, 0.4) is 0 Å². The van der Waals surface area contributed by atoms with Crippen LogP contribution in [-0.4, -0.2) is 34.1 Å². The SMILES string of the molecule is O=C(O)C1CCN(c2ccnc(C3CCC3)n2)C1. The molecule has 96 valence electrons. The van der Waals surface area contributed by atoms with E-state index in [0.717, 1.165) is 18.2 Å². The van der Waals surface area contributed by atoms with E-state index in [1.807, 2.05) is 6.07 Å². The molecule has 1 N–H and O–H groups in total. The number of aromatic nitrogens is 2. The van der Waals surface area contributed by atoms with Crippen LogP contribution in [0.4, 0.5) is 5.82 Å². The summed E-state index contributed by atoms with van der Waals surface area (Å²) >= 11 is 0. The number of carbonyl (C=O) groups is 1. The highest BCUT2D eigenvalue weighted by Gasteiger charge is 2.29. The van der Waals surface area contributed by atoms with Gasteiger partial charge in [0.2, 0.25) is 0 Å². The molecule has 0 radical (unpaired) electrons. The summed E-state index contributed by atoms with van der Waals surface area (Å²) in [5, 5.41) is 9.01. The number of carboxylic acid groups (broad SMARTS) is 1. The molecular formula is C13H17N3O2. The fourth-order valence-electron chi connectivity index (χ4n) is 2.57. The molecule has 3 rings (SSSR count). The highest BCUT2D eigenvalue weighted by atomic mass is 16.4. The minimum Gasteiger partial charge on any atom is -0.481 e. The van der Waals surface area contributed by atoms with E-state index in [9.17, 15) is 4.79 Å². The molecule has 5 nitrogen and oxygen atoms in total. The molecule has 1 aliphatic carbocycles. The van der Waals surface area contributed by atoms with Crippen LogP contribution in [-0.2, 0) is 4.79 Å². The maximum atomic E-state index is 10.9. The van der Waals surface area contributed by atoms with Crippen LogP contribution in [0.1, 0.15) is 37.4 Å². The summed E-state index contributed by atoms with van der Waals surface area (Å²) in [4.78, 5) is 21.9. The van der Waals surface area contributed by atoms with Crippen LogP contribution >= 0.6 is 0 Å². The Hall–Kier alpha value is -1.65. The van der Waals surface area contributed by atoms with Crippen molar-refractivity contribution in [2.24, 2.45) is 5.92 Å². The third kappa shape index (κ3) is 2.05. The molecule has 1 saturated heterocycles. The molecule has 5 heteroatoms. The van der Waals surface area contributed by atoms with Gasteiger partial charge in [-0.3, -0.25) is 4.79 Å². The van der Waals surface area contributed by atoms with Crippen LogP contribution in [0.5, 0.6) is 0 Å². The second-order valence-electron chi connectivity index (χ2n) is 5.17. The third-order valence-corrected chi connectivity index (χ3v) is 3.99. The normalized spacial score (nSPS) is 24.0. The lowest BCUT2D eigenvalue weighted by molar-refractivity contribution is -0.140. The largest absolute Gasteiger partial charge is 0.481 e. The van der Waals surface area contributed by atoms with E-state index in [4.69, 9.17) is 5.11 Å². The number of aliphatic carboxylic acids is 1. The standard InChI is InChI=1S/C13H17N3O2/c17-13(18)10-5-7-16(8-10)11-4-6-14-12(15-11)9-2-1-3-9/h4,6,9-10H,1-3,5,7-8H2,(H,17,18). The minimum atomic E-state index is -0.703. The summed E-state index contributed by atoms with van der Waals surface area (Å²) in [5.41, 5.74) is 0. The Morgan fingerprint density at radius 1 is 1.39 bits per heavy atom. The number of nitrogens with zero attached hydrogens (tertiary/aromatic N) is 3.